The first-order valence-electron chi connectivity index (χ1n) is 6.57. The lowest BCUT2D eigenvalue weighted by molar-refractivity contribution is -0.146. The van der Waals surface area contributed by atoms with Crippen molar-refractivity contribution in [2.75, 3.05) is 7.11 Å². The van der Waals surface area contributed by atoms with Gasteiger partial charge in [-0.3, -0.25) is 4.79 Å². The first kappa shape index (κ1) is 12.9. The van der Waals surface area contributed by atoms with E-state index in [0.29, 0.717) is 18.9 Å². The summed E-state index contributed by atoms with van der Waals surface area (Å²) in [5.74, 6) is 1.22. The van der Waals surface area contributed by atoms with Crippen LogP contribution < -0.4 is 4.74 Å². The largest absolute Gasteiger partial charge is 0.496 e. The van der Waals surface area contributed by atoms with E-state index in [1.54, 1.807) is 7.11 Å². The molecule has 98 valence electrons. The predicted octanol–water partition coefficient (Wildman–Crippen LogP) is 3.32. The van der Waals surface area contributed by atoms with Crippen LogP contribution in [0.2, 0.25) is 0 Å². The molecule has 1 aromatic rings. The summed E-state index contributed by atoms with van der Waals surface area (Å²) in [5.41, 5.74) is 0.916. The molecule has 3 heteroatoms. The van der Waals surface area contributed by atoms with Gasteiger partial charge in [0, 0.05) is 12.0 Å². The van der Waals surface area contributed by atoms with Gasteiger partial charge in [0.05, 0.1) is 7.11 Å². The third kappa shape index (κ3) is 3.49. The second kappa shape index (κ2) is 6.43. The van der Waals surface area contributed by atoms with Crippen molar-refractivity contribution in [3.8, 4) is 5.75 Å². The van der Waals surface area contributed by atoms with Gasteiger partial charge in [-0.15, -0.1) is 0 Å². The van der Waals surface area contributed by atoms with Crippen LogP contribution >= 0.6 is 0 Å². The van der Waals surface area contributed by atoms with E-state index >= 15 is 0 Å². The van der Waals surface area contributed by atoms with E-state index < -0.39 is 0 Å². The zero-order valence-electron chi connectivity index (χ0n) is 10.9. The maximum Gasteiger partial charge on any atom is 0.306 e. The summed E-state index contributed by atoms with van der Waals surface area (Å²) in [5, 5.41) is 0. The van der Waals surface area contributed by atoms with Crippen molar-refractivity contribution < 1.29 is 14.3 Å². The minimum absolute atomic E-state index is 0.0900. The number of benzene rings is 1. The fourth-order valence-electron chi connectivity index (χ4n) is 2.49. The van der Waals surface area contributed by atoms with Crippen molar-refractivity contribution in [3.63, 3.8) is 0 Å². The van der Waals surface area contributed by atoms with Crippen LogP contribution in [0, 0.1) is 5.92 Å². The molecule has 1 fully saturated rings. The standard InChI is InChI=1S/C15H20O3/c1-17-14-9-5-4-8-13(14)11-18-15(16)10-12-6-2-3-7-12/h4-5,8-9,12H,2-3,6-7,10-11H2,1H3. The van der Waals surface area contributed by atoms with Crippen LogP contribution in [-0.4, -0.2) is 13.1 Å². The Morgan fingerprint density at radius 2 is 2.00 bits per heavy atom. The van der Waals surface area contributed by atoms with Gasteiger partial charge in [0.15, 0.2) is 0 Å². The lowest BCUT2D eigenvalue weighted by Gasteiger charge is -2.11. The van der Waals surface area contributed by atoms with Crippen LogP contribution in [0.3, 0.4) is 0 Å². The van der Waals surface area contributed by atoms with Gasteiger partial charge in [0.1, 0.15) is 12.4 Å². The second-order valence-corrected chi connectivity index (χ2v) is 4.83. The van der Waals surface area contributed by atoms with Crippen LogP contribution in [-0.2, 0) is 16.1 Å². The summed E-state index contributed by atoms with van der Waals surface area (Å²) in [7, 11) is 1.62. The Kier molecular flexibility index (Phi) is 4.62. The summed E-state index contributed by atoms with van der Waals surface area (Å²) in [6.07, 6.45) is 5.41. The number of carbonyl (C=O) groups is 1. The Balaban J connectivity index is 1.81. The molecular weight excluding hydrogens is 228 g/mol. The SMILES string of the molecule is COc1ccccc1COC(=O)CC1CCCC1. The van der Waals surface area contributed by atoms with E-state index in [1.807, 2.05) is 24.3 Å². The minimum Gasteiger partial charge on any atom is -0.496 e. The quantitative estimate of drug-likeness (QED) is 0.750. The minimum atomic E-state index is -0.0900. The van der Waals surface area contributed by atoms with Crippen molar-refractivity contribution in [2.45, 2.75) is 38.7 Å². The smallest absolute Gasteiger partial charge is 0.306 e. The molecular formula is C15H20O3. The van der Waals surface area contributed by atoms with Crippen molar-refractivity contribution >= 4 is 5.97 Å². The number of esters is 1. The fraction of sp³-hybridized carbons (Fsp3) is 0.533. The molecule has 0 spiro atoms. The normalized spacial score (nSPS) is 15.6. The maximum absolute atomic E-state index is 11.7. The third-order valence-corrected chi connectivity index (χ3v) is 3.51. The van der Waals surface area contributed by atoms with E-state index in [1.165, 1.54) is 25.7 Å². The van der Waals surface area contributed by atoms with E-state index in [2.05, 4.69) is 0 Å². The number of hydrogen-bond donors (Lipinski definition) is 0. The summed E-state index contributed by atoms with van der Waals surface area (Å²) >= 11 is 0. The van der Waals surface area contributed by atoms with Crippen LogP contribution in [0.15, 0.2) is 24.3 Å². The summed E-state index contributed by atoms with van der Waals surface area (Å²) < 4.78 is 10.5. The lowest BCUT2D eigenvalue weighted by Crippen LogP contribution is -2.09. The van der Waals surface area contributed by atoms with Crippen LogP contribution in [0.5, 0.6) is 5.75 Å². The molecule has 18 heavy (non-hydrogen) atoms. The number of methoxy groups -OCH3 is 1. The topological polar surface area (TPSA) is 35.5 Å². The molecule has 0 aliphatic heterocycles. The molecule has 0 radical (unpaired) electrons. The Morgan fingerprint density at radius 1 is 1.28 bits per heavy atom. The van der Waals surface area contributed by atoms with E-state index in [9.17, 15) is 4.79 Å². The van der Waals surface area contributed by atoms with Crippen LogP contribution in [0.4, 0.5) is 0 Å². The molecule has 2 rings (SSSR count). The molecule has 0 atom stereocenters. The van der Waals surface area contributed by atoms with Gasteiger partial charge in [-0.25, -0.2) is 0 Å². The number of ether oxygens (including phenoxy) is 2. The van der Waals surface area contributed by atoms with Gasteiger partial charge in [-0.1, -0.05) is 31.0 Å². The van der Waals surface area contributed by atoms with Gasteiger partial charge in [-0.05, 0) is 24.8 Å². The van der Waals surface area contributed by atoms with Crippen molar-refractivity contribution in [3.05, 3.63) is 29.8 Å². The Labute approximate surface area is 108 Å². The molecule has 3 nitrogen and oxygen atoms in total. The molecule has 0 aromatic heterocycles. The molecule has 1 aromatic carbocycles. The van der Waals surface area contributed by atoms with Crippen LogP contribution in [0.1, 0.15) is 37.7 Å². The number of hydrogen-bond acceptors (Lipinski definition) is 3. The molecule has 1 aliphatic carbocycles. The average Bonchev–Trinajstić information content (AvgIpc) is 2.89. The molecule has 0 bridgehead atoms. The highest BCUT2D eigenvalue weighted by Gasteiger charge is 2.19. The van der Waals surface area contributed by atoms with E-state index in [0.717, 1.165) is 11.3 Å². The van der Waals surface area contributed by atoms with Crippen LogP contribution in [0.25, 0.3) is 0 Å². The lowest BCUT2D eigenvalue weighted by atomic mass is 10.0. The highest BCUT2D eigenvalue weighted by atomic mass is 16.5. The Hall–Kier alpha value is -1.51. The monoisotopic (exact) mass is 248 g/mol. The zero-order chi connectivity index (χ0) is 12.8. The summed E-state index contributed by atoms with van der Waals surface area (Å²) in [6, 6.07) is 7.62. The second-order valence-electron chi connectivity index (χ2n) is 4.83. The average molecular weight is 248 g/mol. The molecule has 0 saturated heterocycles. The van der Waals surface area contributed by atoms with Crippen molar-refractivity contribution in [2.24, 2.45) is 5.92 Å². The van der Waals surface area contributed by atoms with Gasteiger partial charge in [0.25, 0.3) is 0 Å². The maximum atomic E-state index is 11.7. The molecule has 0 amide bonds. The number of carbonyl (C=O) groups excluding carboxylic acids is 1. The van der Waals surface area contributed by atoms with Crippen molar-refractivity contribution in [1.29, 1.82) is 0 Å². The molecule has 0 unspecified atom stereocenters. The summed E-state index contributed by atoms with van der Waals surface area (Å²) in [6.45, 7) is 0.301. The third-order valence-electron chi connectivity index (χ3n) is 3.51. The summed E-state index contributed by atoms with van der Waals surface area (Å²) in [4.78, 5) is 11.7. The van der Waals surface area contributed by atoms with Gasteiger partial charge in [-0.2, -0.15) is 0 Å². The van der Waals surface area contributed by atoms with E-state index in [4.69, 9.17) is 9.47 Å². The van der Waals surface area contributed by atoms with Gasteiger partial charge >= 0.3 is 5.97 Å². The highest BCUT2D eigenvalue weighted by Crippen LogP contribution is 2.28. The first-order chi connectivity index (χ1) is 8.79. The van der Waals surface area contributed by atoms with Crippen molar-refractivity contribution in [1.82, 2.24) is 0 Å². The molecule has 1 saturated carbocycles. The molecule has 1 aliphatic rings. The fourth-order valence-corrected chi connectivity index (χ4v) is 2.49. The number of rotatable bonds is 5. The zero-order valence-corrected chi connectivity index (χ0v) is 10.9. The molecule has 0 heterocycles. The van der Waals surface area contributed by atoms with Gasteiger partial charge in [0.2, 0.25) is 0 Å². The predicted molar refractivity (Wildman–Crippen MR) is 69.4 cm³/mol. The first-order valence-corrected chi connectivity index (χ1v) is 6.57. The molecule has 0 N–H and O–H groups in total. The number of para-hydroxylation sites is 1. The highest BCUT2D eigenvalue weighted by molar-refractivity contribution is 5.69. The van der Waals surface area contributed by atoms with E-state index in [-0.39, 0.29) is 5.97 Å². The Bertz CT molecular complexity index is 394. The van der Waals surface area contributed by atoms with Gasteiger partial charge < -0.3 is 9.47 Å². The Morgan fingerprint density at radius 3 is 2.72 bits per heavy atom.